The topological polar surface area (TPSA) is 94.0 Å². The standard InChI is InChI=1S/C13H15ClN4OS/c1-7-6-20-11(18-7)2-3-17-12-9(13(16)19)4-8(15)5-10(12)14/h4-6,17H,2-3,15H2,1H3,(H2,16,19). The summed E-state index contributed by atoms with van der Waals surface area (Å²) in [5.74, 6) is -0.563. The number of nitrogens with two attached hydrogens (primary N) is 2. The first-order valence-electron chi connectivity index (χ1n) is 6.01. The molecule has 1 aromatic carbocycles. The number of carbonyl (C=O) groups is 1. The minimum atomic E-state index is -0.563. The van der Waals surface area contributed by atoms with E-state index >= 15 is 0 Å². The Labute approximate surface area is 126 Å². The fourth-order valence-electron chi connectivity index (χ4n) is 1.81. The molecule has 7 heteroatoms. The second kappa shape index (κ2) is 6.11. The molecule has 20 heavy (non-hydrogen) atoms. The largest absolute Gasteiger partial charge is 0.399 e. The highest BCUT2D eigenvalue weighted by Crippen LogP contribution is 2.29. The van der Waals surface area contributed by atoms with Crippen LogP contribution in [0.3, 0.4) is 0 Å². The molecule has 0 aliphatic carbocycles. The molecule has 2 rings (SSSR count). The second-order valence-electron chi connectivity index (χ2n) is 4.35. The van der Waals surface area contributed by atoms with Crippen LogP contribution in [0.4, 0.5) is 11.4 Å². The van der Waals surface area contributed by atoms with E-state index in [1.807, 2.05) is 12.3 Å². The van der Waals surface area contributed by atoms with E-state index in [0.717, 1.165) is 17.1 Å². The fourth-order valence-corrected chi connectivity index (χ4v) is 2.88. The highest BCUT2D eigenvalue weighted by atomic mass is 35.5. The molecule has 0 saturated carbocycles. The average molecular weight is 311 g/mol. The van der Waals surface area contributed by atoms with Crippen molar-refractivity contribution in [1.82, 2.24) is 4.98 Å². The number of amides is 1. The van der Waals surface area contributed by atoms with Crippen molar-refractivity contribution in [3.8, 4) is 0 Å². The lowest BCUT2D eigenvalue weighted by Crippen LogP contribution is -2.16. The molecule has 1 amide bonds. The van der Waals surface area contributed by atoms with Crippen molar-refractivity contribution in [3.63, 3.8) is 0 Å². The second-order valence-corrected chi connectivity index (χ2v) is 5.70. The summed E-state index contributed by atoms with van der Waals surface area (Å²) in [5, 5.41) is 6.54. The average Bonchev–Trinajstić information content (AvgIpc) is 2.77. The number of aryl methyl sites for hydroxylation is 1. The number of hydrogen-bond donors (Lipinski definition) is 3. The summed E-state index contributed by atoms with van der Waals surface area (Å²) in [5.41, 5.74) is 13.2. The van der Waals surface area contributed by atoms with Crippen molar-refractivity contribution < 1.29 is 4.79 Å². The van der Waals surface area contributed by atoms with Crippen LogP contribution in [0, 0.1) is 6.92 Å². The number of anilines is 2. The van der Waals surface area contributed by atoms with Gasteiger partial charge in [0.15, 0.2) is 0 Å². The minimum Gasteiger partial charge on any atom is -0.399 e. The molecule has 0 saturated heterocycles. The Morgan fingerprint density at radius 3 is 2.85 bits per heavy atom. The van der Waals surface area contributed by atoms with Crippen molar-refractivity contribution >= 4 is 40.2 Å². The molecular formula is C13H15ClN4OS. The molecule has 0 fully saturated rings. The van der Waals surface area contributed by atoms with E-state index in [1.165, 1.54) is 6.07 Å². The molecule has 5 N–H and O–H groups in total. The van der Waals surface area contributed by atoms with Crippen LogP contribution >= 0.6 is 22.9 Å². The van der Waals surface area contributed by atoms with Gasteiger partial charge in [-0.1, -0.05) is 11.6 Å². The van der Waals surface area contributed by atoms with Gasteiger partial charge in [-0.3, -0.25) is 4.79 Å². The third kappa shape index (κ3) is 3.40. The maximum Gasteiger partial charge on any atom is 0.250 e. The SMILES string of the molecule is Cc1csc(CCNc2c(Cl)cc(N)cc2C(N)=O)n1. The molecule has 106 valence electrons. The van der Waals surface area contributed by atoms with E-state index in [2.05, 4.69) is 10.3 Å². The lowest BCUT2D eigenvalue weighted by Gasteiger charge is -2.12. The number of carbonyl (C=O) groups excluding carboxylic acids is 1. The van der Waals surface area contributed by atoms with Gasteiger partial charge in [-0.05, 0) is 19.1 Å². The molecule has 0 radical (unpaired) electrons. The Balaban J connectivity index is 2.10. The number of nitrogen functional groups attached to an aromatic ring is 1. The number of primary amides is 1. The Hall–Kier alpha value is -1.79. The Morgan fingerprint density at radius 2 is 2.25 bits per heavy atom. The molecule has 0 spiro atoms. The molecule has 1 heterocycles. The fraction of sp³-hybridized carbons (Fsp3) is 0.231. The van der Waals surface area contributed by atoms with Gasteiger partial charge in [0.1, 0.15) is 0 Å². The maximum absolute atomic E-state index is 11.4. The quantitative estimate of drug-likeness (QED) is 0.739. The summed E-state index contributed by atoms with van der Waals surface area (Å²) in [6, 6.07) is 3.11. The highest BCUT2D eigenvalue weighted by molar-refractivity contribution is 7.09. The van der Waals surface area contributed by atoms with Gasteiger partial charge in [0, 0.05) is 29.7 Å². The van der Waals surface area contributed by atoms with Crippen LogP contribution in [0.5, 0.6) is 0 Å². The Morgan fingerprint density at radius 1 is 1.50 bits per heavy atom. The predicted octanol–water partition coefficient (Wildman–Crippen LogP) is 2.44. The monoisotopic (exact) mass is 310 g/mol. The summed E-state index contributed by atoms with van der Waals surface area (Å²) in [4.78, 5) is 15.8. The number of benzene rings is 1. The van der Waals surface area contributed by atoms with Gasteiger partial charge in [0.05, 0.1) is 21.3 Å². The number of aromatic nitrogens is 1. The summed E-state index contributed by atoms with van der Waals surface area (Å²) in [6.07, 6.45) is 0.747. The van der Waals surface area contributed by atoms with E-state index in [1.54, 1.807) is 17.4 Å². The first-order valence-corrected chi connectivity index (χ1v) is 7.27. The Kier molecular flexibility index (Phi) is 4.46. The molecular weight excluding hydrogens is 296 g/mol. The third-order valence-corrected chi connectivity index (χ3v) is 4.01. The molecule has 0 aliphatic heterocycles. The summed E-state index contributed by atoms with van der Waals surface area (Å²) in [6.45, 7) is 2.56. The van der Waals surface area contributed by atoms with E-state index in [0.29, 0.717) is 28.5 Å². The first-order chi connectivity index (χ1) is 9.47. The molecule has 1 aromatic heterocycles. The van der Waals surface area contributed by atoms with Crippen LogP contribution in [0.25, 0.3) is 0 Å². The number of nitrogens with one attached hydrogen (secondary N) is 1. The molecule has 0 bridgehead atoms. The number of rotatable bonds is 5. The van der Waals surface area contributed by atoms with Gasteiger partial charge in [0.2, 0.25) is 0 Å². The summed E-state index contributed by atoms with van der Waals surface area (Å²) >= 11 is 7.71. The van der Waals surface area contributed by atoms with Crippen LogP contribution in [-0.2, 0) is 6.42 Å². The third-order valence-electron chi connectivity index (χ3n) is 2.69. The summed E-state index contributed by atoms with van der Waals surface area (Å²) < 4.78 is 0. The van der Waals surface area contributed by atoms with Crippen LogP contribution in [0.15, 0.2) is 17.5 Å². The van der Waals surface area contributed by atoms with Crippen molar-refractivity contribution in [1.29, 1.82) is 0 Å². The zero-order valence-corrected chi connectivity index (χ0v) is 12.5. The lowest BCUT2D eigenvalue weighted by atomic mass is 10.1. The molecule has 2 aromatic rings. The van der Waals surface area contributed by atoms with E-state index < -0.39 is 5.91 Å². The van der Waals surface area contributed by atoms with Crippen LogP contribution in [0.1, 0.15) is 21.1 Å². The predicted molar refractivity (Wildman–Crippen MR) is 83.4 cm³/mol. The maximum atomic E-state index is 11.4. The molecule has 0 aliphatic rings. The van der Waals surface area contributed by atoms with Crippen LogP contribution in [-0.4, -0.2) is 17.4 Å². The highest BCUT2D eigenvalue weighted by Gasteiger charge is 2.13. The molecule has 5 nitrogen and oxygen atoms in total. The van der Waals surface area contributed by atoms with E-state index in [9.17, 15) is 4.79 Å². The summed E-state index contributed by atoms with van der Waals surface area (Å²) in [7, 11) is 0. The van der Waals surface area contributed by atoms with Crippen molar-refractivity contribution in [2.24, 2.45) is 5.73 Å². The van der Waals surface area contributed by atoms with Crippen molar-refractivity contribution in [2.75, 3.05) is 17.6 Å². The first kappa shape index (κ1) is 14.6. The van der Waals surface area contributed by atoms with Gasteiger partial charge < -0.3 is 16.8 Å². The van der Waals surface area contributed by atoms with Gasteiger partial charge in [0.25, 0.3) is 5.91 Å². The van der Waals surface area contributed by atoms with Gasteiger partial charge in [-0.25, -0.2) is 4.98 Å². The van der Waals surface area contributed by atoms with Crippen LogP contribution < -0.4 is 16.8 Å². The number of nitrogens with zero attached hydrogens (tertiary/aromatic N) is 1. The molecule has 0 atom stereocenters. The zero-order valence-electron chi connectivity index (χ0n) is 10.9. The van der Waals surface area contributed by atoms with Crippen molar-refractivity contribution in [2.45, 2.75) is 13.3 Å². The van der Waals surface area contributed by atoms with Gasteiger partial charge >= 0.3 is 0 Å². The number of thiazole rings is 1. The smallest absolute Gasteiger partial charge is 0.250 e. The van der Waals surface area contributed by atoms with Crippen LogP contribution in [0.2, 0.25) is 5.02 Å². The normalized spacial score (nSPS) is 10.5. The van der Waals surface area contributed by atoms with Gasteiger partial charge in [-0.15, -0.1) is 11.3 Å². The van der Waals surface area contributed by atoms with Gasteiger partial charge in [-0.2, -0.15) is 0 Å². The zero-order chi connectivity index (χ0) is 14.7. The molecule has 0 unspecified atom stereocenters. The lowest BCUT2D eigenvalue weighted by molar-refractivity contribution is 0.100. The minimum absolute atomic E-state index is 0.297. The Bertz CT molecular complexity index is 641. The van der Waals surface area contributed by atoms with Crippen molar-refractivity contribution in [3.05, 3.63) is 38.8 Å². The number of hydrogen-bond acceptors (Lipinski definition) is 5. The number of halogens is 1. The van der Waals surface area contributed by atoms with E-state index in [-0.39, 0.29) is 0 Å². The van der Waals surface area contributed by atoms with E-state index in [4.69, 9.17) is 23.1 Å².